The molecule has 2 N–H and O–H groups in total. The largest absolute Gasteiger partial charge is 0.468 e. The molecule has 0 spiro atoms. The van der Waals surface area contributed by atoms with Crippen LogP contribution in [0.2, 0.25) is 0 Å². The smallest absolute Gasteiger partial charge is 0.322 e. The topological polar surface area (TPSA) is 111 Å². The number of hydrogen-bond donors (Lipinski definition) is 2. The number of nitrogens with one attached hydrogen (secondary N) is 2. The van der Waals surface area contributed by atoms with Gasteiger partial charge < -0.3 is 29.5 Å². The molecular formula is C28H32B2Br2N2O6. The molecule has 8 nitrogen and oxygen atoms in total. The van der Waals surface area contributed by atoms with Gasteiger partial charge in [0, 0.05) is 20.8 Å². The average Bonchev–Trinajstić information content (AvgIpc) is 2.97. The van der Waals surface area contributed by atoms with Gasteiger partial charge in [0.1, 0.15) is 12.1 Å². The highest BCUT2D eigenvalue weighted by Crippen LogP contribution is 2.37. The Morgan fingerprint density at radius 2 is 1.20 bits per heavy atom. The summed E-state index contributed by atoms with van der Waals surface area (Å²) in [5, 5.41) is 5.73. The van der Waals surface area contributed by atoms with Gasteiger partial charge in [0.2, 0.25) is 0 Å². The van der Waals surface area contributed by atoms with E-state index in [1.807, 2.05) is 12.1 Å². The van der Waals surface area contributed by atoms with Crippen molar-refractivity contribution in [3.8, 4) is 0 Å². The zero-order chi connectivity index (χ0) is 29.1. The molecule has 0 bridgehead atoms. The number of halogens is 2. The van der Waals surface area contributed by atoms with E-state index in [9.17, 15) is 19.2 Å². The number of carbonyl (C=O) groups excluding carboxylic acids is 4. The van der Waals surface area contributed by atoms with E-state index in [0.717, 1.165) is 58.6 Å². The van der Waals surface area contributed by atoms with Crippen LogP contribution in [0.1, 0.15) is 59.8 Å². The highest BCUT2D eigenvalue weighted by Gasteiger charge is 2.34. The van der Waals surface area contributed by atoms with Crippen molar-refractivity contribution in [3.63, 3.8) is 0 Å². The van der Waals surface area contributed by atoms with Crippen molar-refractivity contribution in [2.24, 2.45) is 0 Å². The first kappa shape index (κ1) is 32.2. The second-order valence-electron chi connectivity index (χ2n) is 9.62. The second kappa shape index (κ2) is 16.2. The summed E-state index contributed by atoms with van der Waals surface area (Å²) in [5.41, 5.74) is 4.80. The van der Waals surface area contributed by atoms with Crippen LogP contribution in [0.25, 0.3) is 0 Å². The van der Waals surface area contributed by atoms with Crippen molar-refractivity contribution in [2.45, 2.75) is 62.4 Å². The van der Waals surface area contributed by atoms with Gasteiger partial charge in [-0.1, -0.05) is 44.0 Å². The van der Waals surface area contributed by atoms with E-state index in [4.69, 9.17) is 9.47 Å². The first-order valence-electron chi connectivity index (χ1n) is 13.1. The van der Waals surface area contributed by atoms with Crippen molar-refractivity contribution in [2.75, 3.05) is 14.2 Å². The first-order chi connectivity index (χ1) is 19.3. The average molecular weight is 674 g/mol. The van der Waals surface area contributed by atoms with Crippen LogP contribution in [-0.4, -0.2) is 65.4 Å². The third-order valence-electron chi connectivity index (χ3n) is 7.34. The van der Waals surface area contributed by atoms with Gasteiger partial charge in [-0.2, -0.15) is 0 Å². The summed E-state index contributed by atoms with van der Waals surface area (Å²) in [7, 11) is 5.24. The maximum absolute atomic E-state index is 12.0. The lowest BCUT2D eigenvalue weighted by Crippen LogP contribution is -2.45. The Kier molecular flexibility index (Phi) is 13.1. The standard InChI is InChI=1S/2C14H16BBrNO3/c2*1-20-14(19)13(17-15-8-18)11-4-2-3-9-5-6-10(16)7-12(9)11/h2*5-8,11,13,17H,2-4H2,1H3/t11-,13?;11-,13-/m00/s1. The highest BCUT2D eigenvalue weighted by molar-refractivity contribution is 9.10. The molecule has 2 aliphatic carbocycles. The number of methoxy groups -OCH3 is 2. The number of carbonyl (C=O) groups is 4. The van der Waals surface area contributed by atoms with Crippen molar-refractivity contribution >= 4 is 71.0 Å². The van der Waals surface area contributed by atoms with Gasteiger partial charge in [0.25, 0.3) is 14.8 Å². The maximum atomic E-state index is 12.0. The van der Waals surface area contributed by atoms with Gasteiger partial charge in [-0.25, -0.2) is 0 Å². The molecule has 0 amide bonds. The molecular weight excluding hydrogens is 642 g/mol. The van der Waals surface area contributed by atoms with Crippen LogP contribution < -0.4 is 10.5 Å². The quantitative estimate of drug-likeness (QED) is 0.224. The lowest BCUT2D eigenvalue weighted by Gasteiger charge is -2.31. The van der Waals surface area contributed by atoms with Crippen LogP contribution in [0, 0.1) is 0 Å². The van der Waals surface area contributed by atoms with Crippen LogP contribution in [0.5, 0.6) is 0 Å². The monoisotopic (exact) mass is 672 g/mol. The third-order valence-corrected chi connectivity index (χ3v) is 8.33. The van der Waals surface area contributed by atoms with Gasteiger partial charge in [-0.3, -0.25) is 9.59 Å². The van der Waals surface area contributed by atoms with E-state index in [2.05, 4.69) is 66.6 Å². The van der Waals surface area contributed by atoms with E-state index < -0.39 is 12.1 Å². The Labute approximate surface area is 253 Å². The molecule has 2 radical (unpaired) electrons. The zero-order valence-electron chi connectivity index (χ0n) is 22.5. The fourth-order valence-corrected chi connectivity index (χ4v) is 6.30. The van der Waals surface area contributed by atoms with Gasteiger partial charge in [0.05, 0.1) is 26.6 Å². The van der Waals surface area contributed by atoms with Crippen LogP contribution in [-0.2, 0) is 41.5 Å². The van der Waals surface area contributed by atoms with Gasteiger partial charge >= 0.3 is 11.9 Å². The molecule has 0 aromatic heterocycles. The molecule has 210 valence electrons. The van der Waals surface area contributed by atoms with Crippen molar-refractivity contribution < 1.29 is 28.7 Å². The van der Waals surface area contributed by atoms with E-state index in [1.165, 1.54) is 40.2 Å². The SMILES string of the molecule is COC(=O)C(N[B]C=O)[C@H]1CCCc2ccc(Br)cc21.COC(=O)[C@@H](N[B]C=O)[C@H]1CCCc2ccc(Br)cc21. The van der Waals surface area contributed by atoms with Gasteiger partial charge in [0.15, 0.2) is 0 Å². The van der Waals surface area contributed by atoms with Crippen LogP contribution in [0.4, 0.5) is 0 Å². The summed E-state index contributed by atoms with van der Waals surface area (Å²) in [6.07, 6.45) is 7.15. The van der Waals surface area contributed by atoms with Crippen LogP contribution in [0.15, 0.2) is 45.3 Å². The zero-order valence-corrected chi connectivity index (χ0v) is 25.7. The number of rotatable bonds is 10. The molecule has 40 heavy (non-hydrogen) atoms. The van der Waals surface area contributed by atoms with E-state index in [-0.39, 0.29) is 23.8 Å². The van der Waals surface area contributed by atoms with E-state index in [1.54, 1.807) is 0 Å². The molecule has 0 aliphatic heterocycles. The normalized spacial score (nSPS) is 18.8. The van der Waals surface area contributed by atoms with Gasteiger partial charge in [-0.15, -0.1) is 0 Å². The number of fused-ring (bicyclic) bond motifs is 2. The lowest BCUT2D eigenvalue weighted by atomic mass is 9.77. The Morgan fingerprint density at radius 3 is 1.55 bits per heavy atom. The summed E-state index contributed by atoms with van der Waals surface area (Å²) in [5.74, 6) is -0.665. The molecule has 12 heteroatoms. The molecule has 0 saturated heterocycles. The first-order valence-corrected chi connectivity index (χ1v) is 14.7. The van der Waals surface area contributed by atoms with Crippen LogP contribution >= 0.6 is 31.9 Å². The molecule has 0 fully saturated rings. The fourth-order valence-electron chi connectivity index (χ4n) is 5.54. The third kappa shape index (κ3) is 8.38. The number of esters is 2. The predicted octanol–water partition coefficient (Wildman–Crippen LogP) is 3.62. The summed E-state index contributed by atoms with van der Waals surface area (Å²) in [6, 6.07) is 11.2. The van der Waals surface area contributed by atoms with E-state index >= 15 is 0 Å². The Morgan fingerprint density at radius 1 is 0.800 bits per heavy atom. The molecule has 0 heterocycles. The molecule has 4 rings (SSSR count). The highest BCUT2D eigenvalue weighted by atomic mass is 79.9. The maximum Gasteiger partial charge on any atom is 0.322 e. The summed E-state index contributed by atoms with van der Waals surface area (Å²) < 4.78 is 11.7. The fraction of sp³-hybridized carbons (Fsp3) is 0.429. The van der Waals surface area contributed by atoms with Crippen molar-refractivity contribution in [1.82, 2.24) is 10.5 Å². The van der Waals surface area contributed by atoms with Crippen LogP contribution in [0.3, 0.4) is 0 Å². The van der Waals surface area contributed by atoms with Crippen molar-refractivity contribution in [1.29, 1.82) is 0 Å². The van der Waals surface area contributed by atoms with Gasteiger partial charge in [-0.05, 0) is 85.0 Å². The molecule has 4 atom stereocenters. The number of aryl methyl sites for hydroxylation is 2. The molecule has 2 aromatic carbocycles. The Hall–Kier alpha value is -2.27. The Balaban J connectivity index is 0.000000220. The molecule has 2 aliphatic rings. The number of ether oxygens (including phenoxy) is 2. The second-order valence-corrected chi connectivity index (χ2v) is 11.5. The minimum Gasteiger partial charge on any atom is -0.468 e. The summed E-state index contributed by atoms with van der Waals surface area (Å²) in [4.78, 5) is 45.0. The number of hydrogen-bond acceptors (Lipinski definition) is 8. The summed E-state index contributed by atoms with van der Waals surface area (Å²) >= 11 is 6.95. The molecule has 0 saturated carbocycles. The van der Waals surface area contributed by atoms with E-state index in [0.29, 0.717) is 12.4 Å². The predicted molar refractivity (Wildman–Crippen MR) is 163 cm³/mol. The minimum absolute atomic E-state index is 0.0138. The Bertz CT molecular complexity index is 1110. The molecule has 1 unspecified atom stereocenters. The van der Waals surface area contributed by atoms with Crippen molar-refractivity contribution in [3.05, 3.63) is 67.6 Å². The summed E-state index contributed by atoms with van der Waals surface area (Å²) in [6.45, 7) is 0. The lowest BCUT2D eigenvalue weighted by molar-refractivity contribution is -0.144. The number of benzene rings is 2. The minimum atomic E-state index is -0.529. The molecule has 2 aromatic rings.